The van der Waals surface area contributed by atoms with Crippen LogP contribution < -0.4 is 20.1 Å². The van der Waals surface area contributed by atoms with Crippen LogP contribution in [0.1, 0.15) is 96.6 Å². The van der Waals surface area contributed by atoms with E-state index in [1.54, 1.807) is 6.92 Å². The van der Waals surface area contributed by atoms with Crippen LogP contribution in [0.5, 0.6) is 5.88 Å². The van der Waals surface area contributed by atoms with Gasteiger partial charge in [0.1, 0.15) is 29.8 Å². The molecule has 7 atom stereocenters. The first kappa shape index (κ1) is 42.4. The summed E-state index contributed by atoms with van der Waals surface area (Å²) in [5, 5.41) is 6.77. The van der Waals surface area contributed by atoms with Gasteiger partial charge in [-0.05, 0) is 74.8 Å². The van der Waals surface area contributed by atoms with Crippen molar-refractivity contribution in [2.24, 2.45) is 17.3 Å². The number of carbonyl (C=O) groups excluding carboxylic acids is 4. The van der Waals surface area contributed by atoms with Crippen molar-refractivity contribution in [1.29, 1.82) is 0 Å². The van der Waals surface area contributed by atoms with Crippen molar-refractivity contribution in [2.75, 3.05) is 32.8 Å². The van der Waals surface area contributed by atoms with Crippen LogP contribution in [0.2, 0.25) is 0 Å². The van der Waals surface area contributed by atoms with Crippen molar-refractivity contribution >= 4 is 44.7 Å². The van der Waals surface area contributed by atoms with Gasteiger partial charge in [0.15, 0.2) is 0 Å². The minimum absolute atomic E-state index is 0.00547. The molecule has 1 aromatic heterocycles. The van der Waals surface area contributed by atoms with Gasteiger partial charge in [-0.3, -0.25) is 24.0 Å². The number of ether oxygens (including phenoxy) is 3. The highest BCUT2D eigenvalue weighted by Crippen LogP contribution is 2.47. The highest BCUT2D eigenvalue weighted by atomic mass is 32.2. The fourth-order valence-electron chi connectivity index (χ4n) is 9.12. The monoisotopic (exact) mass is 848 g/mol. The SMILES string of the molecule is C=CC1C[C@@]1(NC(=O)[C@@H]1C[C@@H]2CN1C(=O)[C@H](C(C)(C)C)NC(=O)O[C@@H]1CC1CCCCCc1c(nc3ccccc3c1CN1CCOCC1)O2)C(=O)NS(=O)(=O)C1(C)CC1. The molecule has 2 unspecified atom stereocenters. The maximum atomic E-state index is 14.8. The summed E-state index contributed by atoms with van der Waals surface area (Å²) in [7, 11) is -4.00. The quantitative estimate of drug-likeness (QED) is 0.325. The molecule has 5 fully saturated rings. The zero-order valence-corrected chi connectivity index (χ0v) is 36.1. The Morgan fingerprint density at radius 2 is 1.82 bits per heavy atom. The molecule has 8 rings (SSSR count). The Balaban J connectivity index is 1.15. The zero-order valence-electron chi connectivity index (χ0n) is 35.3. The van der Waals surface area contributed by atoms with Crippen LogP contribution in [-0.4, -0.2) is 114 Å². The van der Waals surface area contributed by atoms with E-state index in [2.05, 4.69) is 32.9 Å². The van der Waals surface area contributed by atoms with Crippen LogP contribution in [0.25, 0.3) is 10.9 Å². The van der Waals surface area contributed by atoms with Crippen LogP contribution in [0.3, 0.4) is 0 Å². The lowest BCUT2D eigenvalue weighted by atomic mass is 9.85. The predicted octanol–water partition coefficient (Wildman–Crippen LogP) is 4.12. The number of benzene rings is 1. The molecule has 15 nitrogen and oxygen atoms in total. The number of pyridine rings is 1. The highest BCUT2D eigenvalue weighted by molar-refractivity contribution is 7.91. The van der Waals surface area contributed by atoms with Crippen molar-refractivity contribution in [3.8, 4) is 5.88 Å². The largest absolute Gasteiger partial charge is 0.472 e. The smallest absolute Gasteiger partial charge is 0.408 e. The van der Waals surface area contributed by atoms with Gasteiger partial charge in [0.2, 0.25) is 27.7 Å². The first-order valence-corrected chi connectivity index (χ1v) is 23.2. The average Bonchev–Trinajstić information content (AvgIpc) is 4.16. The Morgan fingerprint density at radius 3 is 2.52 bits per heavy atom. The summed E-state index contributed by atoms with van der Waals surface area (Å²) >= 11 is 0. The Hall–Kier alpha value is -4.28. The second kappa shape index (κ2) is 16.2. The van der Waals surface area contributed by atoms with Gasteiger partial charge < -0.3 is 29.7 Å². The van der Waals surface area contributed by atoms with Gasteiger partial charge in [-0.15, -0.1) is 6.58 Å². The maximum Gasteiger partial charge on any atom is 0.408 e. The van der Waals surface area contributed by atoms with E-state index in [0.717, 1.165) is 67.2 Å². The van der Waals surface area contributed by atoms with Gasteiger partial charge in [0.25, 0.3) is 5.91 Å². The molecule has 6 aliphatic rings. The lowest BCUT2D eigenvalue weighted by molar-refractivity contribution is -0.142. The number of hydrogen-bond acceptors (Lipinski definition) is 11. The Bertz CT molecular complexity index is 2150. The number of nitrogens with zero attached hydrogens (tertiary/aromatic N) is 3. The average molecular weight is 849 g/mol. The van der Waals surface area contributed by atoms with Crippen molar-refractivity contribution < 1.29 is 41.8 Å². The molecule has 3 N–H and O–H groups in total. The molecule has 3 saturated carbocycles. The van der Waals surface area contributed by atoms with Crippen LogP contribution in [-0.2, 0) is 46.8 Å². The number of alkyl carbamates (subject to hydrolysis) is 1. The lowest BCUT2D eigenvalue weighted by Crippen LogP contribution is -2.60. The Kier molecular flexibility index (Phi) is 11.5. The summed E-state index contributed by atoms with van der Waals surface area (Å²) in [5.74, 6) is -1.76. The molecule has 2 bridgehead atoms. The molecule has 4 heterocycles. The molecule has 3 aliphatic carbocycles. The van der Waals surface area contributed by atoms with Crippen LogP contribution >= 0.6 is 0 Å². The third kappa shape index (κ3) is 8.61. The van der Waals surface area contributed by atoms with Gasteiger partial charge in [-0.2, -0.15) is 0 Å². The molecule has 1 aromatic carbocycles. The standard InChI is InChI=1S/C44H60N6O9S/c1-6-28-24-44(28,40(53)48-60(55,56)43(5)16-17-43)47-37(51)34-23-29-25-50(34)39(52)36(42(2,3)4)46-41(54)59-35-22-27(35)12-8-7-9-14-31-32(26-49-18-20-57-21-19-49)30-13-10-11-15-33(30)45-38(31)58-29/h6,10-11,13,15,27-29,34-36H,1,7-9,12,14,16-26H2,2-5H3,(H,46,54)(H,47,51)(H,48,53)/t27?,28?,29-,34+,35-,36-,44+/m1/s1. The summed E-state index contributed by atoms with van der Waals surface area (Å²) in [5.41, 5.74) is 0.577. The first-order valence-electron chi connectivity index (χ1n) is 21.7. The third-order valence-corrected chi connectivity index (χ3v) is 15.7. The van der Waals surface area contributed by atoms with Gasteiger partial charge >= 0.3 is 6.09 Å². The minimum Gasteiger partial charge on any atom is -0.472 e. The second-order valence-corrected chi connectivity index (χ2v) is 21.3. The molecule has 60 heavy (non-hydrogen) atoms. The minimum atomic E-state index is -4.00. The van der Waals surface area contributed by atoms with E-state index in [4.69, 9.17) is 19.2 Å². The highest BCUT2D eigenvalue weighted by Gasteiger charge is 2.63. The van der Waals surface area contributed by atoms with E-state index in [9.17, 15) is 27.6 Å². The topological polar surface area (TPSA) is 186 Å². The lowest BCUT2D eigenvalue weighted by Gasteiger charge is -2.35. The number of para-hydroxylation sites is 1. The maximum absolute atomic E-state index is 14.8. The van der Waals surface area contributed by atoms with E-state index in [-0.39, 0.29) is 31.4 Å². The zero-order chi connectivity index (χ0) is 42.6. The molecular formula is C44H60N6O9S. The molecule has 2 aromatic rings. The van der Waals surface area contributed by atoms with Crippen molar-refractivity contribution in [1.82, 2.24) is 30.1 Å². The molecule has 0 radical (unpaired) electrons. The number of fused-ring (bicyclic) bond motifs is 5. The van der Waals surface area contributed by atoms with E-state index < -0.39 is 73.6 Å². The number of aromatic nitrogens is 1. The fourth-order valence-corrected chi connectivity index (χ4v) is 10.4. The molecule has 3 aliphatic heterocycles. The molecule has 0 spiro atoms. The number of morpholine rings is 1. The summed E-state index contributed by atoms with van der Waals surface area (Å²) in [4.78, 5) is 65.6. The normalized spacial score (nSPS) is 30.9. The molecular weight excluding hydrogens is 789 g/mol. The Morgan fingerprint density at radius 1 is 1.07 bits per heavy atom. The van der Waals surface area contributed by atoms with Crippen LogP contribution in [0.4, 0.5) is 4.79 Å². The Labute approximate surface area is 352 Å². The number of nitrogens with one attached hydrogen (secondary N) is 3. The van der Waals surface area contributed by atoms with Gasteiger partial charge in [-0.25, -0.2) is 18.2 Å². The van der Waals surface area contributed by atoms with E-state index in [1.807, 2.05) is 39.0 Å². The number of carbonyl (C=O) groups is 4. The van der Waals surface area contributed by atoms with Gasteiger partial charge in [-0.1, -0.05) is 57.9 Å². The van der Waals surface area contributed by atoms with E-state index in [1.165, 1.54) is 11.0 Å². The second-order valence-electron chi connectivity index (χ2n) is 19.1. The van der Waals surface area contributed by atoms with Crippen LogP contribution in [0.15, 0.2) is 36.9 Å². The summed E-state index contributed by atoms with van der Waals surface area (Å²) in [6.07, 6.45) is 6.28. The molecule has 16 heteroatoms. The summed E-state index contributed by atoms with van der Waals surface area (Å²) in [6.45, 7) is 14.5. The predicted molar refractivity (Wildman–Crippen MR) is 223 cm³/mol. The van der Waals surface area contributed by atoms with Crippen molar-refractivity contribution in [2.45, 2.75) is 133 Å². The van der Waals surface area contributed by atoms with Gasteiger partial charge in [0, 0.05) is 42.9 Å². The summed E-state index contributed by atoms with van der Waals surface area (Å²) < 4.78 is 45.9. The molecule has 326 valence electrons. The van der Waals surface area contributed by atoms with Gasteiger partial charge in [0.05, 0.1) is 30.0 Å². The van der Waals surface area contributed by atoms with Crippen molar-refractivity contribution in [3.05, 3.63) is 48.0 Å². The fraction of sp³-hybridized carbons (Fsp3) is 0.659. The number of hydrogen-bond donors (Lipinski definition) is 3. The molecule has 2 saturated heterocycles. The summed E-state index contributed by atoms with van der Waals surface area (Å²) in [6, 6.07) is 5.83. The number of rotatable bonds is 8. The van der Waals surface area contributed by atoms with E-state index >= 15 is 0 Å². The van der Waals surface area contributed by atoms with E-state index in [0.29, 0.717) is 44.9 Å². The number of sulfonamides is 1. The van der Waals surface area contributed by atoms with Crippen molar-refractivity contribution in [3.63, 3.8) is 0 Å². The first-order chi connectivity index (χ1) is 28.5. The third-order valence-electron chi connectivity index (χ3n) is 13.6. The molecule has 4 amide bonds. The van der Waals surface area contributed by atoms with Crippen LogP contribution in [0, 0.1) is 17.3 Å². The number of amides is 4.